The number of phosphoric acid groups is 2. The molecule has 0 bridgehead atoms. The third-order valence-corrected chi connectivity index (χ3v) is 20.1. The molecule has 0 aliphatic heterocycles. The van der Waals surface area contributed by atoms with Gasteiger partial charge in [-0.1, -0.05) is 338 Å². The SMILES string of the molecule is CCC(C)CCCCCCCCCCC(=O)OC[C@H](COP(=O)(O)OCC(O)COP(=O)(O)OC[C@@H](COC(=O)CCCCCCCCCC(C)C)OC(=O)CCCCCCCCCCCCCCCCCCC(C)C)OC(=O)CCCCCCCCCCCCCCC(C)C. The number of rotatable bonds is 74. The highest BCUT2D eigenvalue weighted by Gasteiger charge is 2.30. The summed E-state index contributed by atoms with van der Waals surface area (Å²) >= 11 is 0. The highest BCUT2D eigenvalue weighted by atomic mass is 31.2. The largest absolute Gasteiger partial charge is 0.472 e. The van der Waals surface area contributed by atoms with Crippen molar-refractivity contribution in [2.75, 3.05) is 39.6 Å². The van der Waals surface area contributed by atoms with Crippen molar-refractivity contribution in [2.45, 2.75) is 408 Å². The van der Waals surface area contributed by atoms with E-state index in [4.69, 9.17) is 37.0 Å². The molecule has 0 saturated carbocycles. The average molecular weight is 1410 g/mol. The standard InChI is InChI=1S/C77H150O17P2/c1-9-70(8)56-48-40-32-26-27-33-41-49-57-74(79)87-63-72(93-77(82)60-52-44-35-25-21-17-16-19-23-30-38-46-54-68(4)5)65-91-95(83,84)89-61-71(78)62-90-96(85,86)92-66-73(64-88-75(80)58-50-42-36-28-31-39-47-55-69(6)7)94-76(81)59-51-43-34-24-20-15-13-11-10-12-14-18-22-29-37-45-53-67(2)3/h67-73,78H,9-66H2,1-8H3,(H,83,84)(H,85,86)/t70?,71?,72-,73-/m1/s1. The van der Waals surface area contributed by atoms with Crippen LogP contribution in [0.25, 0.3) is 0 Å². The summed E-state index contributed by atoms with van der Waals surface area (Å²) in [4.78, 5) is 72.8. The van der Waals surface area contributed by atoms with Crippen LogP contribution < -0.4 is 0 Å². The van der Waals surface area contributed by atoms with Crippen molar-refractivity contribution in [3.63, 3.8) is 0 Å². The third kappa shape index (κ3) is 69.2. The molecule has 4 unspecified atom stereocenters. The van der Waals surface area contributed by atoms with E-state index in [9.17, 15) is 43.2 Å². The number of aliphatic hydroxyl groups is 1. The minimum absolute atomic E-state index is 0.106. The molecule has 0 rings (SSSR count). The second kappa shape index (κ2) is 66.3. The second-order valence-corrected chi connectivity index (χ2v) is 32.3. The molecule has 0 aromatic heterocycles. The van der Waals surface area contributed by atoms with Gasteiger partial charge in [0.2, 0.25) is 0 Å². The molecule has 0 amide bonds. The minimum atomic E-state index is -4.96. The highest BCUT2D eigenvalue weighted by Crippen LogP contribution is 2.45. The van der Waals surface area contributed by atoms with Crippen molar-refractivity contribution in [2.24, 2.45) is 23.7 Å². The van der Waals surface area contributed by atoms with Gasteiger partial charge in [-0.25, -0.2) is 9.13 Å². The summed E-state index contributed by atoms with van der Waals surface area (Å²) in [6, 6.07) is 0. The zero-order valence-electron chi connectivity index (χ0n) is 63.0. The summed E-state index contributed by atoms with van der Waals surface area (Å²) in [5, 5.41) is 10.6. The molecule has 96 heavy (non-hydrogen) atoms. The molecule has 6 atom stereocenters. The van der Waals surface area contributed by atoms with Crippen LogP contribution in [0.3, 0.4) is 0 Å². The van der Waals surface area contributed by atoms with E-state index in [1.807, 2.05) is 0 Å². The maximum Gasteiger partial charge on any atom is 0.472 e. The minimum Gasteiger partial charge on any atom is -0.462 e. The first-order valence-corrected chi connectivity index (χ1v) is 42.7. The van der Waals surface area contributed by atoms with Crippen LogP contribution in [-0.2, 0) is 65.4 Å². The molecule has 0 fully saturated rings. The van der Waals surface area contributed by atoms with Crippen molar-refractivity contribution in [1.29, 1.82) is 0 Å². The van der Waals surface area contributed by atoms with Crippen molar-refractivity contribution in [3.05, 3.63) is 0 Å². The maximum atomic E-state index is 13.1. The van der Waals surface area contributed by atoms with E-state index in [-0.39, 0.29) is 25.7 Å². The summed E-state index contributed by atoms with van der Waals surface area (Å²) in [5.74, 6) is 0.948. The number of hydrogen-bond acceptors (Lipinski definition) is 15. The van der Waals surface area contributed by atoms with E-state index in [1.54, 1.807) is 0 Å². The van der Waals surface area contributed by atoms with Crippen LogP contribution in [0.2, 0.25) is 0 Å². The number of aliphatic hydroxyl groups excluding tert-OH is 1. The Morgan fingerprint density at radius 1 is 0.292 bits per heavy atom. The molecular weight excluding hydrogens is 1260 g/mol. The Morgan fingerprint density at radius 2 is 0.500 bits per heavy atom. The smallest absolute Gasteiger partial charge is 0.462 e. The fraction of sp³-hybridized carbons (Fsp3) is 0.948. The molecule has 0 aliphatic carbocycles. The molecule has 0 heterocycles. The van der Waals surface area contributed by atoms with E-state index in [1.165, 1.54) is 186 Å². The van der Waals surface area contributed by atoms with Gasteiger partial charge in [0.15, 0.2) is 12.2 Å². The number of phosphoric ester groups is 2. The van der Waals surface area contributed by atoms with Crippen LogP contribution >= 0.6 is 15.6 Å². The van der Waals surface area contributed by atoms with E-state index in [2.05, 4.69) is 55.4 Å². The molecule has 17 nitrogen and oxygen atoms in total. The molecule has 0 saturated heterocycles. The normalized spacial score (nSPS) is 14.4. The number of unbranched alkanes of at least 4 members (excludes halogenated alkanes) is 39. The lowest BCUT2D eigenvalue weighted by atomic mass is 9.99. The zero-order chi connectivity index (χ0) is 71.0. The first-order valence-electron chi connectivity index (χ1n) is 39.7. The Hall–Kier alpha value is -1.94. The van der Waals surface area contributed by atoms with Crippen molar-refractivity contribution >= 4 is 39.5 Å². The first-order chi connectivity index (χ1) is 46.1. The van der Waals surface area contributed by atoms with Gasteiger partial charge in [0.1, 0.15) is 19.3 Å². The van der Waals surface area contributed by atoms with E-state index in [0.717, 1.165) is 114 Å². The van der Waals surface area contributed by atoms with Crippen LogP contribution in [0.1, 0.15) is 389 Å². The molecule has 0 aromatic rings. The molecule has 19 heteroatoms. The lowest BCUT2D eigenvalue weighted by molar-refractivity contribution is -0.161. The highest BCUT2D eigenvalue weighted by molar-refractivity contribution is 7.47. The monoisotopic (exact) mass is 1410 g/mol. The summed E-state index contributed by atoms with van der Waals surface area (Å²) < 4.78 is 68.6. The Balaban J connectivity index is 5.23. The Kier molecular flexibility index (Phi) is 65.0. The van der Waals surface area contributed by atoms with Gasteiger partial charge in [-0.2, -0.15) is 0 Å². The van der Waals surface area contributed by atoms with Crippen LogP contribution in [0, 0.1) is 23.7 Å². The predicted molar refractivity (Wildman–Crippen MR) is 391 cm³/mol. The first kappa shape index (κ1) is 94.1. The molecule has 0 aromatic carbocycles. The van der Waals surface area contributed by atoms with Crippen LogP contribution in [0.4, 0.5) is 0 Å². The van der Waals surface area contributed by atoms with E-state index in [0.29, 0.717) is 31.6 Å². The number of carbonyl (C=O) groups excluding carboxylic acids is 4. The average Bonchev–Trinajstić information content (AvgIpc) is 1.35. The molecule has 570 valence electrons. The Bertz CT molecular complexity index is 1890. The van der Waals surface area contributed by atoms with Crippen LogP contribution in [0.15, 0.2) is 0 Å². The van der Waals surface area contributed by atoms with Crippen molar-refractivity contribution < 1.29 is 80.2 Å². The van der Waals surface area contributed by atoms with E-state index < -0.39 is 97.5 Å². The van der Waals surface area contributed by atoms with Gasteiger partial charge in [-0.05, 0) is 49.4 Å². The van der Waals surface area contributed by atoms with Gasteiger partial charge in [-0.15, -0.1) is 0 Å². The fourth-order valence-electron chi connectivity index (χ4n) is 11.7. The van der Waals surface area contributed by atoms with Crippen molar-refractivity contribution in [3.8, 4) is 0 Å². The summed E-state index contributed by atoms with van der Waals surface area (Å²) in [5.41, 5.74) is 0. The van der Waals surface area contributed by atoms with Gasteiger partial charge in [-0.3, -0.25) is 37.3 Å². The summed E-state index contributed by atoms with van der Waals surface area (Å²) in [6.07, 6.45) is 51.4. The van der Waals surface area contributed by atoms with Gasteiger partial charge < -0.3 is 33.8 Å². The molecule has 0 spiro atoms. The van der Waals surface area contributed by atoms with E-state index >= 15 is 0 Å². The third-order valence-electron chi connectivity index (χ3n) is 18.2. The molecule has 3 N–H and O–H groups in total. The summed E-state index contributed by atoms with van der Waals surface area (Å²) in [7, 11) is -9.92. The zero-order valence-corrected chi connectivity index (χ0v) is 64.8. The number of hydrogen-bond donors (Lipinski definition) is 3. The second-order valence-electron chi connectivity index (χ2n) is 29.4. The number of esters is 4. The summed E-state index contributed by atoms with van der Waals surface area (Å²) in [6.45, 7) is 14.2. The fourth-order valence-corrected chi connectivity index (χ4v) is 13.3. The van der Waals surface area contributed by atoms with Gasteiger partial charge in [0, 0.05) is 25.7 Å². The van der Waals surface area contributed by atoms with Crippen LogP contribution in [-0.4, -0.2) is 96.7 Å². The van der Waals surface area contributed by atoms with Crippen molar-refractivity contribution in [1.82, 2.24) is 0 Å². The lowest BCUT2D eigenvalue weighted by Gasteiger charge is -2.21. The molecule has 0 aliphatic rings. The van der Waals surface area contributed by atoms with Gasteiger partial charge in [0.05, 0.1) is 26.4 Å². The number of ether oxygens (including phenoxy) is 4. The van der Waals surface area contributed by atoms with Crippen LogP contribution in [0.5, 0.6) is 0 Å². The quantitative estimate of drug-likeness (QED) is 0.0222. The predicted octanol–water partition coefficient (Wildman–Crippen LogP) is 22.4. The maximum absolute atomic E-state index is 13.1. The topological polar surface area (TPSA) is 237 Å². The van der Waals surface area contributed by atoms with Gasteiger partial charge >= 0.3 is 39.5 Å². The molecular formula is C77H150O17P2. The number of carbonyl (C=O) groups is 4. The Morgan fingerprint density at radius 3 is 0.740 bits per heavy atom. The Labute approximate surface area is 588 Å². The van der Waals surface area contributed by atoms with Gasteiger partial charge in [0.25, 0.3) is 0 Å². The molecule has 0 radical (unpaired) electrons. The lowest BCUT2D eigenvalue weighted by Crippen LogP contribution is -2.30.